The van der Waals surface area contributed by atoms with Crippen LogP contribution in [0.15, 0.2) is 30.3 Å². The van der Waals surface area contributed by atoms with Gasteiger partial charge in [-0.2, -0.15) is 0 Å². The summed E-state index contributed by atoms with van der Waals surface area (Å²) in [6, 6.07) is 8.23. The van der Waals surface area contributed by atoms with Crippen molar-refractivity contribution in [2.24, 2.45) is 5.41 Å². The Morgan fingerprint density at radius 1 is 1.20 bits per heavy atom. The maximum absolute atomic E-state index is 13.2. The van der Waals surface area contributed by atoms with E-state index in [4.69, 9.17) is 0 Å². The smallest absolute Gasteiger partial charge is 0.245 e. The van der Waals surface area contributed by atoms with Crippen LogP contribution in [0, 0.1) is 5.41 Å². The summed E-state index contributed by atoms with van der Waals surface area (Å²) in [7, 11) is 0. The van der Waals surface area contributed by atoms with Crippen LogP contribution in [0.1, 0.15) is 44.2 Å². The average Bonchev–Trinajstić information content (AvgIpc) is 3.13. The zero-order valence-electron chi connectivity index (χ0n) is 17.2. The minimum atomic E-state index is -0.836. The lowest BCUT2D eigenvalue weighted by molar-refractivity contribution is -0.153. The lowest BCUT2D eigenvalue weighted by Gasteiger charge is -2.48. The summed E-state index contributed by atoms with van der Waals surface area (Å²) in [6.07, 6.45) is 0.288. The highest BCUT2D eigenvalue weighted by atomic mass is 16.3. The van der Waals surface area contributed by atoms with Crippen LogP contribution in [0.25, 0.3) is 0 Å². The van der Waals surface area contributed by atoms with Crippen LogP contribution in [0.3, 0.4) is 0 Å². The number of carbonyl (C=O) groups is 3. The molecule has 0 saturated carbocycles. The van der Waals surface area contributed by atoms with E-state index in [0.717, 1.165) is 5.56 Å². The molecule has 3 heterocycles. The van der Waals surface area contributed by atoms with Gasteiger partial charge in [0, 0.05) is 33.0 Å². The van der Waals surface area contributed by atoms with E-state index in [2.05, 4.69) is 5.32 Å². The quantitative estimate of drug-likeness (QED) is 0.639. The predicted octanol–water partition coefficient (Wildman–Crippen LogP) is 0.199. The molecule has 3 amide bonds. The number of piperidine rings is 2. The largest absolute Gasteiger partial charge is 0.391 e. The van der Waals surface area contributed by atoms with Crippen molar-refractivity contribution in [1.29, 1.82) is 0 Å². The van der Waals surface area contributed by atoms with Crippen molar-refractivity contribution < 1.29 is 24.6 Å². The van der Waals surface area contributed by atoms with Gasteiger partial charge in [0.2, 0.25) is 17.7 Å². The summed E-state index contributed by atoms with van der Waals surface area (Å²) in [4.78, 5) is 41.3. The Labute approximate surface area is 175 Å². The van der Waals surface area contributed by atoms with Crippen molar-refractivity contribution in [3.63, 3.8) is 0 Å². The topological polar surface area (TPSA) is 110 Å². The Balaban J connectivity index is 1.50. The molecule has 30 heavy (non-hydrogen) atoms. The van der Waals surface area contributed by atoms with Crippen molar-refractivity contribution in [2.75, 3.05) is 19.6 Å². The summed E-state index contributed by atoms with van der Waals surface area (Å²) < 4.78 is 0. The van der Waals surface area contributed by atoms with Crippen molar-refractivity contribution in [2.45, 2.75) is 56.9 Å². The Hall–Kier alpha value is -2.45. The SMILES string of the molecule is CC(=O)N1C[C@H](O)C[C@H]1C(=O)N1CCC[C@]2(C[C@@H](O)[C@H](c3ccccc3)NC2=O)C1. The van der Waals surface area contributed by atoms with Gasteiger partial charge in [-0.15, -0.1) is 0 Å². The molecular formula is C22H29N3O5. The molecule has 1 aromatic rings. The number of hydrogen-bond acceptors (Lipinski definition) is 5. The van der Waals surface area contributed by atoms with E-state index in [1.54, 1.807) is 4.90 Å². The molecule has 3 fully saturated rings. The van der Waals surface area contributed by atoms with E-state index in [0.29, 0.717) is 19.4 Å². The Kier molecular flexibility index (Phi) is 5.55. The molecule has 3 aliphatic heterocycles. The van der Waals surface area contributed by atoms with E-state index in [9.17, 15) is 24.6 Å². The molecule has 8 nitrogen and oxygen atoms in total. The molecule has 4 rings (SSSR count). The first-order chi connectivity index (χ1) is 14.3. The molecule has 0 bridgehead atoms. The molecular weight excluding hydrogens is 386 g/mol. The number of nitrogens with one attached hydrogen (secondary N) is 1. The van der Waals surface area contributed by atoms with Crippen LogP contribution in [0.4, 0.5) is 0 Å². The molecule has 0 aromatic heterocycles. The number of amides is 3. The standard InChI is InChI=1S/C22H29N3O5/c1-14(26)25-12-16(27)10-17(25)20(29)24-9-5-8-22(13-24)11-18(28)19(23-21(22)30)15-6-3-2-4-7-15/h2-4,6-7,16-19,27-28H,5,8-13H2,1H3,(H,23,30)/t16-,17+,18-,19+,22+/m1/s1. The van der Waals surface area contributed by atoms with E-state index < -0.39 is 29.7 Å². The number of hydrogen-bond donors (Lipinski definition) is 3. The van der Waals surface area contributed by atoms with Crippen LogP contribution in [0.5, 0.6) is 0 Å². The number of rotatable bonds is 2. The number of likely N-dealkylation sites (tertiary alicyclic amines) is 2. The molecule has 162 valence electrons. The maximum Gasteiger partial charge on any atom is 0.245 e. The summed E-state index contributed by atoms with van der Waals surface area (Å²) in [5.74, 6) is -0.615. The zero-order valence-corrected chi connectivity index (χ0v) is 17.2. The number of nitrogens with zero attached hydrogens (tertiary/aromatic N) is 2. The first-order valence-corrected chi connectivity index (χ1v) is 10.6. The monoisotopic (exact) mass is 415 g/mol. The fourth-order valence-electron chi connectivity index (χ4n) is 5.25. The lowest BCUT2D eigenvalue weighted by Crippen LogP contribution is -2.61. The molecule has 1 aromatic carbocycles. The van der Waals surface area contributed by atoms with Crippen LogP contribution >= 0.6 is 0 Å². The van der Waals surface area contributed by atoms with Crippen LogP contribution in [-0.4, -0.2) is 75.6 Å². The molecule has 3 N–H and O–H groups in total. The molecule has 0 unspecified atom stereocenters. The van der Waals surface area contributed by atoms with Crippen LogP contribution in [0.2, 0.25) is 0 Å². The van der Waals surface area contributed by atoms with Crippen LogP contribution < -0.4 is 5.32 Å². The Morgan fingerprint density at radius 2 is 1.93 bits per heavy atom. The van der Waals surface area contributed by atoms with Gasteiger partial charge in [-0.3, -0.25) is 14.4 Å². The van der Waals surface area contributed by atoms with Crippen molar-refractivity contribution in [3.8, 4) is 0 Å². The van der Waals surface area contributed by atoms with Gasteiger partial charge in [-0.25, -0.2) is 0 Å². The predicted molar refractivity (Wildman–Crippen MR) is 108 cm³/mol. The van der Waals surface area contributed by atoms with E-state index in [-0.39, 0.29) is 43.7 Å². The van der Waals surface area contributed by atoms with Gasteiger partial charge in [-0.1, -0.05) is 30.3 Å². The first kappa shape index (κ1) is 20.8. The third-order valence-corrected chi connectivity index (χ3v) is 6.77. The molecule has 8 heteroatoms. The second kappa shape index (κ2) is 8.00. The number of aliphatic hydroxyl groups excluding tert-OH is 2. The molecule has 3 saturated heterocycles. The third kappa shape index (κ3) is 3.70. The average molecular weight is 415 g/mol. The number of β-amino-alcohol motifs (C(OH)–C–C–N with tert-alkyl or cyclic N) is 1. The van der Waals surface area contributed by atoms with E-state index in [1.165, 1.54) is 11.8 Å². The highest BCUT2D eigenvalue weighted by molar-refractivity contribution is 5.89. The molecule has 1 spiro atoms. The number of aliphatic hydroxyl groups is 2. The van der Waals surface area contributed by atoms with Gasteiger partial charge in [0.1, 0.15) is 6.04 Å². The molecule has 0 radical (unpaired) electrons. The molecule has 0 aliphatic carbocycles. The maximum atomic E-state index is 13.2. The van der Waals surface area contributed by atoms with Gasteiger partial charge in [0.05, 0.1) is 23.7 Å². The van der Waals surface area contributed by atoms with Crippen molar-refractivity contribution >= 4 is 17.7 Å². The van der Waals surface area contributed by atoms with E-state index >= 15 is 0 Å². The van der Waals surface area contributed by atoms with Crippen molar-refractivity contribution in [3.05, 3.63) is 35.9 Å². The number of benzene rings is 1. The highest BCUT2D eigenvalue weighted by Crippen LogP contribution is 2.42. The second-order valence-electron chi connectivity index (χ2n) is 8.85. The fourth-order valence-corrected chi connectivity index (χ4v) is 5.25. The Morgan fingerprint density at radius 3 is 2.63 bits per heavy atom. The highest BCUT2D eigenvalue weighted by Gasteiger charge is 2.51. The summed E-state index contributed by atoms with van der Waals surface area (Å²) in [5.41, 5.74) is 0.0191. The van der Waals surface area contributed by atoms with Gasteiger partial charge >= 0.3 is 0 Å². The number of carbonyl (C=O) groups excluding carboxylic acids is 3. The minimum absolute atomic E-state index is 0.144. The second-order valence-corrected chi connectivity index (χ2v) is 8.85. The van der Waals surface area contributed by atoms with Gasteiger partial charge in [-0.05, 0) is 24.8 Å². The lowest BCUT2D eigenvalue weighted by atomic mass is 9.70. The van der Waals surface area contributed by atoms with Crippen molar-refractivity contribution in [1.82, 2.24) is 15.1 Å². The summed E-state index contributed by atoms with van der Waals surface area (Å²) in [6.45, 7) is 2.27. The Bertz CT molecular complexity index is 831. The minimum Gasteiger partial charge on any atom is -0.391 e. The third-order valence-electron chi connectivity index (χ3n) is 6.77. The van der Waals surface area contributed by atoms with E-state index in [1.807, 2.05) is 30.3 Å². The zero-order chi connectivity index (χ0) is 21.5. The van der Waals surface area contributed by atoms with Gasteiger partial charge in [0.25, 0.3) is 0 Å². The van der Waals surface area contributed by atoms with Gasteiger partial charge < -0.3 is 25.3 Å². The molecule has 3 aliphatic rings. The summed E-state index contributed by atoms with van der Waals surface area (Å²) >= 11 is 0. The van der Waals surface area contributed by atoms with Crippen LogP contribution in [-0.2, 0) is 14.4 Å². The van der Waals surface area contributed by atoms with Gasteiger partial charge in [0.15, 0.2) is 0 Å². The summed E-state index contributed by atoms with van der Waals surface area (Å²) in [5, 5.41) is 23.8. The normalized spacial score (nSPS) is 34.2. The first-order valence-electron chi connectivity index (χ1n) is 10.6. The fraction of sp³-hybridized carbons (Fsp3) is 0.591. The molecule has 5 atom stereocenters.